The van der Waals surface area contributed by atoms with Crippen molar-refractivity contribution in [3.8, 4) is 17.1 Å². The van der Waals surface area contributed by atoms with Gasteiger partial charge in [0.2, 0.25) is 11.8 Å². The third kappa shape index (κ3) is 7.85. The van der Waals surface area contributed by atoms with Gasteiger partial charge < -0.3 is 14.5 Å². The maximum atomic E-state index is 14.6. The van der Waals surface area contributed by atoms with Crippen LogP contribution in [-0.2, 0) is 16.6 Å². The van der Waals surface area contributed by atoms with Crippen LogP contribution in [0.25, 0.3) is 11.3 Å². The molecule has 4 bridgehead atoms. The molecule has 268 valence electrons. The van der Waals surface area contributed by atoms with Gasteiger partial charge in [0.15, 0.2) is 0 Å². The molecule has 2 aromatic heterocycles. The third-order valence-electron chi connectivity index (χ3n) is 10.1. The van der Waals surface area contributed by atoms with E-state index in [0.717, 1.165) is 22.5 Å². The van der Waals surface area contributed by atoms with Crippen LogP contribution in [0.2, 0.25) is 0 Å². The molecule has 4 aromatic rings. The lowest BCUT2D eigenvalue weighted by molar-refractivity contribution is 0.0505. The van der Waals surface area contributed by atoms with Crippen LogP contribution in [0.5, 0.6) is 5.88 Å². The summed E-state index contributed by atoms with van der Waals surface area (Å²) in [5.41, 5.74) is 3.40. The van der Waals surface area contributed by atoms with Crippen LogP contribution < -0.4 is 14.4 Å². The predicted octanol–water partition coefficient (Wildman–Crippen LogP) is 6.82. The highest BCUT2D eigenvalue weighted by atomic mass is 32.2. The van der Waals surface area contributed by atoms with E-state index in [1.54, 1.807) is 29.3 Å². The second-order valence-corrected chi connectivity index (χ2v) is 17.3. The molecule has 51 heavy (non-hydrogen) atoms. The van der Waals surface area contributed by atoms with Crippen LogP contribution in [0.3, 0.4) is 0 Å². The standard InChI is InChI=1S/C39H47N7O4S/c1-24-9-7-10-25(2)35(24)31-20-34-43-38(41-31)44-51(48,49)30-12-8-11-28(19-30)37(47)46(29(23-50-34)21-39(3,4)5)22-32-40-18-17-33(42-32)45(6)36(26-13-14-26)27-15-16-27/h7-12,17-20,26-27,29,36H,13-16,21-23H2,1-6H3,(H,41,43,44)/t29-/m1/s1. The number of amides is 1. The molecule has 2 saturated carbocycles. The summed E-state index contributed by atoms with van der Waals surface area (Å²) >= 11 is 0. The smallest absolute Gasteiger partial charge is 0.264 e. The summed E-state index contributed by atoms with van der Waals surface area (Å²) in [6.07, 6.45) is 7.37. The Balaban J connectivity index is 1.30. The molecule has 12 heteroatoms. The van der Waals surface area contributed by atoms with E-state index in [0.29, 0.717) is 35.8 Å². The molecule has 0 saturated heterocycles. The molecule has 0 radical (unpaired) electrons. The summed E-state index contributed by atoms with van der Waals surface area (Å²) in [6, 6.07) is 15.7. The SMILES string of the molecule is Cc1cccc(C)c1-c1cc2nc(n1)NS(=O)(=O)c1cccc(c1)C(=O)N(Cc1nccc(N(C)C(C3CC3)C3CC3)n1)[C@H](CC(C)(C)C)CO2. The number of nitrogens with one attached hydrogen (secondary N) is 1. The Kier molecular flexibility index (Phi) is 9.24. The monoisotopic (exact) mass is 709 g/mol. The van der Waals surface area contributed by atoms with Gasteiger partial charge in [0.1, 0.15) is 18.2 Å². The van der Waals surface area contributed by atoms with Gasteiger partial charge in [0, 0.05) is 36.5 Å². The number of ether oxygens (including phenoxy) is 1. The molecular formula is C39H47N7O4S. The molecular weight excluding hydrogens is 663 g/mol. The van der Waals surface area contributed by atoms with Crippen LogP contribution in [0.1, 0.15) is 80.2 Å². The van der Waals surface area contributed by atoms with Gasteiger partial charge in [0.05, 0.1) is 23.2 Å². The zero-order valence-corrected chi connectivity index (χ0v) is 31.1. The minimum atomic E-state index is -4.18. The molecule has 1 amide bonds. The second kappa shape index (κ2) is 13.5. The number of carbonyl (C=O) groups is 1. The first-order valence-corrected chi connectivity index (χ1v) is 19.3. The number of aryl methyl sites for hydroxylation is 2. The molecule has 1 atom stereocenters. The normalized spacial score (nSPS) is 19.0. The van der Waals surface area contributed by atoms with Crippen molar-refractivity contribution in [2.24, 2.45) is 17.3 Å². The number of carbonyl (C=O) groups excluding carboxylic acids is 1. The molecule has 1 aliphatic heterocycles. The van der Waals surface area contributed by atoms with Gasteiger partial charge in [-0.3, -0.25) is 4.79 Å². The largest absolute Gasteiger partial charge is 0.475 e. The quantitative estimate of drug-likeness (QED) is 0.210. The lowest BCUT2D eigenvalue weighted by Gasteiger charge is -2.35. The van der Waals surface area contributed by atoms with Crippen LogP contribution in [0, 0.1) is 31.1 Å². The summed E-state index contributed by atoms with van der Waals surface area (Å²) in [5.74, 6) is 2.50. The molecule has 0 spiro atoms. The zero-order chi connectivity index (χ0) is 36.1. The second-order valence-electron chi connectivity index (χ2n) is 15.6. The van der Waals surface area contributed by atoms with Crippen molar-refractivity contribution in [3.63, 3.8) is 0 Å². The van der Waals surface area contributed by atoms with Crippen molar-refractivity contribution >= 4 is 27.7 Å². The number of hydrogen-bond donors (Lipinski definition) is 1. The Morgan fingerprint density at radius 3 is 2.31 bits per heavy atom. The maximum absolute atomic E-state index is 14.6. The first kappa shape index (κ1) is 34.9. The molecule has 2 aromatic carbocycles. The summed E-state index contributed by atoms with van der Waals surface area (Å²) in [5, 5.41) is 0. The summed E-state index contributed by atoms with van der Waals surface area (Å²) in [4.78, 5) is 37.4. The van der Waals surface area contributed by atoms with Crippen molar-refractivity contribution in [1.29, 1.82) is 0 Å². The average molecular weight is 710 g/mol. The van der Waals surface area contributed by atoms with Crippen LogP contribution in [0.4, 0.5) is 11.8 Å². The highest BCUT2D eigenvalue weighted by molar-refractivity contribution is 7.92. The molecule has 1 N–H and O–H groups in total. The Morgan fingerprint density at radius 2 is 1.65 bits per heavy atom. The van der Waals surface area contributed by atoms with Gasteiger partial charge in [-0.05, 0) is 98.6 Å². The van der Waals surface area contributed by atoms with E-state index in [4.69, 9.17) is 9.72 Å². The number of fused-ring (bicyclic) bond motifs is 4. The van der Waals surface area contributed by atoms with E-state index in [-0.39, 0.29) is 46.8 Å². The molecule has 0 unspecified atom stereocenters. The van der Waals surface area contributed by atoms with Crippen LogP contribution >= 0.6 is 0 Å². The van der Waals surface area contributed by atoms with E-state index in [1.165, 1.54) is 37.8 Å². The molecule has 3 aliphatic rings. The number of aromatic nitrogens is 4. The molecule has 3 heterocycles. The number of sulfonamides is 1. The number of hydrogen-bond acceptors (Lipinski definition) is 9. The first-order chi connectivity index (χ1) is 24.3. The highest BCUT2D eigenvalue weighted by Gasteiger charge is 2.44. The minimum absolute atomic E-state index is 0.0745. The van der Waals surface area contributed by atoms with E-state index < -0.39 is 16.1 Å². The number of rotatable bonds is 8. The zero-order valence-electron chi connectivity index (χ0n) is 30.3. The Bertz CT molecular complexity index is 2020. The molecule has 2 fully saturated rings. The van der Waals surface area contributed by atoms with Crippen molar-refractivity contribution < 1.29 is 17.9 Å². The van der Waals surface area contributed by atoms with E-state index in [9.17, 15) is 13.2 Å². The number of anilines is 2. The van der Waals surface area contributed by atoms with Crippen molar-refractivity contribution in [2.45, 2.75) is 90.2 Å². The Hall–Kier alpha value is -4.58. The average Bonchev–Trinajstić information content (AvgIpc) is 4.01. The van der Waals surface area contributed by atoms with E-state index in [1.807, 2.05) is 38.1 Å². The lowest BCUT2D eigenvalue weighted by atomic mass is 9.87. The predicted molar refractivity (Wildman–Crippen MR) is 197 cm³/mol. The lowest BCUT2D eigenvalue weighted by Crippen LogP contribution is -2.45. The summed E-state index contributed by atoms with van der Waals surface area (Å²) in [7, 11) is -2.06. The van der Waals surface area contributed by atoms with Gasteiger partial charge in [-0.2, -0.15) is 4.98 Å². The van der Waals surface area contributed by atoms with E-state index in [2.05, 4.69) is 52.4 Å². The molecule has 7 rings (SSSR count). The van der Waals surface area contributed by atoms with Gasteiger partial charge in [-0.25, -0.2) is 28.1 Å². The Morgan fingerprint density at radius 1 is 0.961 bits per heavy atom. The number of benzene rings is 2. The summed E-state index contributed by atoms with van der Waals surface area (Å²) in [6.45, 7) is 10.5. The van der Waals surface area contributed by atoms with Gasteiger partial charge >= 0.3 is 0 Å². The molecule has 11 nitrogen and oxygen atoms in total. The molecule has 2 aliphatic carbocycles. The fourth-order valence-corrected chi connectivity index (χ4v) is 8.39. The first-order valence-electron chi connectivity index (χ1n) is 17.8. The summed E-state index contributed by atoms with van der Waals surface area (Å²) < 4.78 is 36.5. The van der Waals surface area contributed by atoms with Crippen LogP contribution in [-0.4, -0.2) is 64.9 Å². The fourth-order valence-electron chi connectivity index (χ4n) is 7.41. The maximum Gasteiger partial charge on any atom is 0.264 e. The Labute approximate surface area is 301 Å². The van der Waals surface area contributed by atoms with Gasteiger partial charge in [-0.15, -0.1) is 0 Å². The fraction of sp³-hybridized carbons (Fsp3) is 0.462. The van der Waals surface area contributed by atoms with Gasteiger partial charge in [-0.1, -0.05) is 45.0 Å². The van der Waals surface area contributed by atoms with Crippen molar-refractivity contribution in [3.05, 3.63) is 83.3 Å². The van der Waals surface area contributed by atoms with E-state index >= 15 is 0 Å². The topological polar surface area (TPSA) is 131 Å². The minimum Gasteiger partial charge on any atom is -0.475 e. The van der Waals surface area contributed by atoms with Gasteiger partial charge in [0.25, 0.3) is 15.9 Å². The third-order valence-corrected chi connectivity index (χ3v) is 11.4. The van der Waals surface area contributed by atoms with Crippen LogP contribution in [0.15, 0.2) is 65.7 Å². The van der Waals surface area contributed by atoms with Crippen molar-refractivity contribution in [1.82, 2.24) is 24.8 Å². The highest BCUT2D eigenvalue weighted by Crippen LogP contribution is 2.47. The number of nitrogens with zero attached hydrogens (tertiary/aromatic N) is 6. The van der Waals surface area contributed by atoms with Crippen molar-refractivity contribution in [2.75, 3.05) is 23.3 Å².